The first-order chi connectivity index (χ1) is 10.4. The maximum absolute atomic E-state index is 12.6. The molecule has 2 rings (SSSR count). The van der Waals surface area contributed by atoms with Gasteiger partial charge in [0.2, 0.25) is 10.0 Å². The molecule has 0 spiro atoms. The van der Waals surface area contributed by atoms with E-state index in [2.05, 4.69) is 5.32 Å². The summed E-state index contributed by atoms with van der Waals surface area (Å²) in [6.45, 7) is 2.56. The van der Waals surface area contributed by atoms with Crippen LogP contribution in [0, 0.1) is 0 Å². The van der Waals surface area contributed by atoms with Crippen molar-refractivity contribution in [1.82, 2.24) is 9.62 Å². The second-order valence-electron chi connectivity index (χ2n) is 5.55. The van der Waals surface area contributed by atoms with Crippen LogP contribution in [0.2, 0.25) is 0 Å². The van der Waals surface area contributed by atoms with Crippen molar-refractivity contribution in [3.63, 3.8) is 0 Å². The Kier molecular flexibility index (Phi) is 5.55. The molecule has 1 aromatic rings. The highest BCUT2D eigenvalue weighted by atomic mass is 32.2. The number of benzene rings is 1. The summed E-state index contributed by atoms with van der Waals surface area (Å²) in [5, 5.41) is 11.6. The number of piperidine rings is 1. The van der Waals surface area contributed by atoms with Gasteiger partial charge in [-0.15, -0.1) is 0 Å². The van der Waals surface area contributed by atoms with Gasteiger partial charge in [0.15, 0.2) is 0 Å². The van der Waals surface area contributed by atoms with E-state index in [1.807, 2.05) is 0 Å². The zero-order chi connectivity index (χ0) is 16.2. The molecule has 7 heteroatoms. The maximum Gasteiger partial charge on any atom is 0.251 e. The average molecular weight is 326 g/mol. The molecule has 1 aliphatic heterocycles. The minimum atomic E-state index is -3.55. The molecule has 0 bridgehead atoms. The van der Waals surface area contributed by atoms with Crippen LogP contribution in [-0.2, 0) is 10.0 Å². The monoisotopic (exact) mass is 326 g/mol. The van der Waals surface area contributed by atoms with Gasteiger partial charge in [-0.1, -0.05) is 12.5 Å². The lowest BCUT2D eigenvalue weighted by molar-refractivity contribution is 0.0922. The number of amides is 1. The molecular formula is C15H22N2O4S. The van der Waals surface area contributed by atoms with Gasteiger partial charge in [-0.05, 0) is 38.0 Å². The summed E-state index contributed by atoms with van der Waals surface area (Å²) in [6.07, 6.45) is 2.79. The van der Waals surface area contributed by atoms with E-state index in [4.69, 9.17) is 5.11 Å². The normalized spacial score (nSPS) is 17.9. The summed E-state index contributed by atoms with van der Waals surface area (Å²) >= 11 is 0. The third-order valence-electron chi connectivity index (χ3n) is 3.70. The fourth-order valence-electron chi connectivity index (χ4n) is 2.40. The Morgan fingerprint density at radius 2 is 2.00 bits per heavy atom. The number of nitrogens with zero attached hydrogens (tertiary/aromatic N) is 1. The fraction of sp³-hybridized carbons (Fsp3) is 0.533. The van der Waals surface area contributed by atoms with Crippen molar-refractivity contribution in [2.24, 2.45) is 0 Å². The van der Waals surface area contributed by atoms with Crippen molar-refractivity contribution >= 4 is 15.9 Å². The number of carbonyl (C=O) groups excluding carboxylic acids is 1. The molecule has 1 heterocycles. The van der Waals surface area contributed by atoms with E-state index in [1.54, 1.807) is 19.1 Å². The lowest BCUT2D eigenvalue weighted by atomic mass is 10.2. The van der Waals surface area contributed by atoms with E-state index in [1.165, 1.54) is 16.4 Å². The Labute approximate surface area is 131 Å². The van der Waals surface area contributed by atoms with Gasteiger partial charge in [0.25, 0.3) is 5.91 Å². The van der Waals surface area contributed by atoms with Crippen LogP contribution in [0.25, 0.3) is 0 Å². The van der Waals surface area contributed by atoms with E-state index in [0.29, 0.717) is 13.1 Å². The quantitative estimate of drug-likeness (QED) is 0.844. The average Bonchev–Trinajstić information content (AvgIpc) is 2.55. The van der Waals surface area contributed by atoms with Crippen LogP contribution in [0.15, 0.2) is 29.2 Å². The standard InChI is InChI=1S/C15H22N2O4S/c1-12(11-18)16-15(19)13-6-5-7-14(10-13)22(20,21)17-8-3-2-4-9-17/h5-7,10,12,18H,2-4,8-9,11H2,1H3,(H,16,19). The van der Waals surface area contributed by atoms with Crippen LogP contribution < -0.4 is 5.32 Å². The van der Waals surface area contributed by atoms with E-state index >= 15 is 0 Å². The smallest absolute Gasteiger partial charge is 0.251 e. The lowest BCUT2D eigenvalue weighted by Gasteiger charge is -2.26. The molecule has 1 amide bonds. The molecule has 22 heavy (non-hydrogen) atoms. The largest absolute Gasteiger partial charge is 0.394 e. The van der Waals surface area contributed by atoms with Crippen LogP contribution in [0.1, 0.15) is 36.5 Å². The Morgan fingerprint density at radius 3 is 2.64 bits per heavy atom. The minimum absolute atomic E-state index is 0.138. The van der Waals surface area contributed by atoms with E-state index in [9.17, 15) is 13.2 Å². The molecule has 6 nitrogen and oxygen atoms in total. The molecule has 1 aliphatic rings. The summed E-state index contributed by atoms with van der Waals surface area (Å²) in [6, 6.07) is 5.65. The van der Waals surface area contributed by atoms with Crippen LogP contribution >= 0.6 is 0 Å². The summed E-state index contributed by atoms with van der Waals surface area (Å²) in [5.41, 5.74) is 0.276. The van der Waals surface area contributed by atoms with Crippen LogP contribution in [0.3, 0.4) is 0 Å². The van der Waals surface area contributed by atoms with Crippen LogP contribution in [0.5, 0.6) is 0 Å². The number of aliphatic hydroxyl groups is 1. The third kappa shape index (κ3) is 3.85. The fourth-order valence-corrected chi connectivity index (χ4v) is 3.97. The summed E-state index contributed by atoms with van der Waals surface area (Å²) in [7, 11) is -3.55. The van der Waals surface area contributed by atoms with Crippen molar-refractivity contribution in [3.8, 4) is 0 Å². The molecule has 0 aliphatic carbocycles. The molecule has 2 N–H and O–H groups in total. The second-order valence-corrected chi connectivity index (χ2v) is 7.49. The Hall–Kier alpha value is -1.44. The zero-order valence-electron chi connectivity index (χ0n) is 12.7. The third-order valence-corrected chi connectivity index (χ3v) is 5.60. The van der Waals surface area contributed by atoms with Crippen LogP contribution in [-0.4, -0.2) is 49.5 Å². The summed E-state index contributed by atoms with van der Waals surface area (Å²) in [5.74, 6) is -0.391. The number of sulfonamides is 1. The first-order valence-corrected chi connectivity index (χ1v) is 8.91. The highest BCUT2D eigenvalue weighted by Crippen LogP contribution is 2.21. The number of hydrogen-bond acceptors (Lipinski definition) is 4. The van der Waals surface area contributed by atoms with Gasteiger partial charge < -0.3 is 10.4 Å². The van der Waals surface area contributed by atoms with E-state index < -0.39 is 15.9 Å². The SMILES string of the molecule is CC(CO)NC(=O)c1cccc(S(=O)(=O)N2CCCCC2)c1. The van der Waals surface area contributed by atoms with Crippen molar-refractivity contribution in [3.05, 3.63) is 29.8 Å². The number of rotatable bonds is 5. The Morgan fingerprint density at radius 1 is 1.32 bits per heavy atom. The Balaban J connectivity index is 2.22. The van der Waals surface area contributed by atoms with Gasteiger partial charge in [0, 0.05) is 24.7 Å². The lowest BCUT2D eigenvalue weighted by Crippen LogP contribution is -2.36. The Bertz CT molecular complexity index is 624. The number of aliphatic hydroxyl groups excluding tert-OH is 1. The van der Waals surface area contributed by atoms with Crippen molar-refractivity contribution in [1.29, 1.82) is 0 Å². The zero-order valence-corrected chi connectivity index (χ0v) is 13.5. The molecular weight excluding hydrogens is 304 g/mol. The van der Waals surface area contributed by atoms with Crippen molar-refractivity contribution in [2.45, 2.75) is 37.1 Å². The minimum Gasteiger partial charge on any atom is -0.394 e. The first-order valence-electron chi connectivity index (χ1n) is 7.47. The molecule has 0 radical (unpaired) electrons. The molecule has 122 valence electrons. The summed E-state index contributed by atoms with van der Waals surface area (Å²) in [4.78, 5) is 12.2. The molecule has 1 unspecified atom stereocenters. The van der Waals surface area contributed by atoms with Gasteiger partial charge in [-0.2, -0.15) is 4.31 Å². The van der Waals surface area contributed by atoms with Gasteiger partial charge in [-0.25, -0.2) is 8.42 Å². The predicted octanol–water partition coefficient (Wildman–Crippen LogP) is 0.972. The first kappa shape index (κ1) is 16.9. The highest BCUT2D eigenvalue weighted by molar-refractivity contribution is 7.89. The van der Waals surface area contributed by atoms with Gasteiger partial charge in [-0.3, -0.25) is 4.79 Å². The van der Waals surface area contributed by atoms with Gasteiger partial charge >= 0.3 is 0 Å². The van der Waals surface area contributed by atoms with Crippen molar-refractivity contribution in [2.75, 3.05) is 19.7 Å². The van der Waals surface area contributed by atoms with Crippen LogP contribution in [0.4, 0.5) is 0 Å². The molecule has 1 fully saturated rings. The van der Waals surface area contributed by atoms with Gasteiger partial charge in [0.05, 0.1) is 11.5 Å². The number of hydrogen-bond donors (Lipinski definition) is 2. The molecule has 0 saturated carbocycles. The molecule has 1 aromatic carbocycles. The van der Waals surface area contributed by atoms with E-state index in [-0.39, 0.29) is 23.1 Å². The molecule has 1 saturated heterocycles. The summed E-state index contributed by atoms with van der Waals surface area (Å²) < 4.78 is 26.7. The highest BCUT2D eigenvalue weighted by Gasteiger charge is 2.26. The number of nitrogens with one attached hydrogen (secondary N) is 1. The van der Waals surface area contributed by atoms with Crippen molar-refractivity contribution < 1.29 is 18.3 Å². The maximum atomic E-state index is 12.6. The second kappa shape index (κ2) is 7.21. The van der Waals surface area contributed by atoms with Gasteiger partial charge in [0.1, 0.15) is 0 Å². The topological polar surface area (TPSA) is 86.7 Å². The molecule has 1 atom stereocenters. The predicted molar refractivity (Wildman–Crippen MR) is 83.1 cm³/mol. The number of carbonyl (C=O) groups is 1. The van der Waals surface area contributed by atoms with E-state index in [0.717, 1.165) is 19.3 Å². The molecule has 0 aromatic heterocycles.